The molecule has 15 rings (SSSR count). The van der Waals surface area contributed by atoms with Gasteiger partial charge in [-0.3, -0.25) is 4.40 Å². The van der Waals surface area contributed by atoms with Crippen molar-refractivity contribution in [3.8, 4) is 0 Å². The first-order chi connectivity index (χ1) is 35.1. The third-order valence-electron chi connectivity index (χ3n) is 14.7. The van der Waals surface area contributed by atoms with Crippen molar-refractivity contribution in [2.24, 2.45) is 0 Å². The normalized spacial score (nSPS) is 12.5. The van der Waals surface area contributed by atoms with Gasteiger partial charge in [-0.1, -0.05) is 69.3 Å². The zero-order valence-electron chi connectivity index (χ0n) is 39.3. The van der Waals surface area contributed by atoms with E-state index in [0.717, 1.165) is 99.0 Å². The van der Waals surface area contributed by atoms with Gasteiger partial charge in [-0.25, -0.2) is 8.78 Å². The van der Waals surface area contributed by atoms with Crippen LogP contribution >= 0.6 is 11.3 Å². The Morgan fingerprint density at radius 3 is 1.54 bits per heavy atom. The van der Waals surface area contributed by atoms with Crippen molar-refractivity contribution in [2.45, 2.75) is 26.2 Å². The molecule has 0 saturated heterocycles. The molecule has 0 spiro atoms. The Kier molecular flexibility index (Phi) is 8.51. The monoisotopic (exact) mass is 953 g/mol. The van der Waals surface area contributed by atoms with Crippen LogP contribution in [0.1, 0.15) is 26.3 Å². The van der Waals surface area contributed by atoms with Crippen LogP contribution in [-0.2, 0) is 5.41 Å². The third kappa shape index (κ3) is 6.09. The molecular weight excluding hydrogens is 913 g/mol. The van der Waals surface area contributed by atoms with Crippen LogP contribution in [0.15, 0.2) is 203 Å². The Balaban J connectivity index is 0.938. The molecule has 0 N–H and O–H groups in total. The highest BCUT2D eigenvalue weighted by molar-refractivity contribution is 7.25. The molecule has 0 amide bonds. The summed E-state index contributed by atoms with van der Waals surface area (Å²) in [6.07, 6.45) is 0. The first-order valence-corrected chi connectivity index (χ1v) is 25.0. The van der Waals surface area contributed by atoms with Gasteiger partial charge in [0.2, 0.25) is 0 Å². The van der Waals surface area contributed by atoms with Gasteiger partial charge in [-0.05, 0) is 167 Å². The summed E-state index contributed by atoms with van der Waals surface area (Å²) in [5.41, 5.74) is 12.4. The number of halogens is 2. The molecule has 0 radical (unpaired) electrons. The van der Waals surface area contributed by atoms with E-state index in [1.807, 2.05) is 72.8 Å². The molecule has 0 bridgehead atoms. The Morgan fingerprint density at radius 2 is 0.931 bits per heavy atom. The minimum atomic E-state index is -0.286. The number of nitrogens with zero attached hydrogens (tertiary/aromatic N) is 3. The zero-order chi connectivity index (χ0) is 48.1. The summed E-state index contributed by atoms with van der Waals surface area (Å²) in [5.74, 6) is -0.569. The van der Waals surface area contributed by atoms with E-state index < -0.39 is 0 Å². The lowest BCUT2D eigenvalue weighted by molar-refractivity contribution is 0.592. The molecule has 5 nitrogen and oxygen atoms in total. The lowest BCUT2D eigenvalue weighted by atomic mass is 9.85. The molecule has 72 heavy (non-hydrogen) atoms. The number of fused-ring (bicyclic) bond motifs is 15. The van der Waals surface area contributed by atoms with E-state index >= 15 is 0 Å². The second-order valence-electron chi connectivity index (χ2n) is 20.0. The molecule has 8 heteroatoms. The fourth-order valence-corrected chi connectivity index (χ4v) is 12.5. The largest absolute Gasteiger partial charge is 0.456 e. The van der Waals surface area contributed by atoms with Gasteiger partial charge in [0.1, 0.15) is 38.8 Å². The van der Waals surface area contributed by atoms with Gasteiger partial charge in [-0.15, -0.1) is 11.3 Å². The Labute approximate surface area is 414 Å². The van der Waals surface area contributed by atoms with Gasteiger partial charge in [0.15, 0.2) is 0 Å². The van der Waals surface area contributed by atoms with E-state index in [0.29, 0.717) is 0 Å². The average molecular weight is 954 g/mol. The van der Waals surface area contributed by atoms with Crippen molar-refractivity contribution in [1.82, 2.24) is 4.40 Å². The lowest BCUT2D eigenvalue weighted by Crippen LogP contribution is -2.10. The summed E-state index contributed by atoms with van der Waals surface area (Å²) in [4.78, 5) is 5.58. The molecule has 0 aliphatic heterocycles. The van der Waals surface area contributed by atoms with Gasteiger partial charge in [0, 0.05) is 87.3 Å². The van der Waals surface area contributed by atoms with Crippen LogP contribution in [0.25, 0.3) is 102 Å². The van der Waals surface area contributed by atoms with Gasteiger partial charge in [-0.2, -0.15) is 0 Å². The molecule has 0 aliphatic rings. The number of furan rings is 2. The van der Waals surface area contributed by atoms with Crippen LogP contribution in [0.5, 0.6) is 0 Å². The molecule has 10 aromatic carbocycles. The number of anilines is 6. The van der Waals surface area contributed by atoms with E-state index in [1.165, 1.54) is 67.1 Å². The van der Waals surface area contributed by atoms with Crippen LogP contribution in [0.4, 0.5) is 42.9 Å². The average Bonchev–Trinajstić information content (AvgIpc) is 4.20. The summed E-state index contributed by atoms with van der Waals surface area (Å²) in [6.45, 7) is 6.87. The molecule has 344 valence electrons. The van der Waals surface area contributed by atoms with E-state index in [-0.39, 0.29) is 17.0 Å². The van der Waals surface area contributed by atoms with E-state index in [9.17, 15) is 8.78 Å². The molecule has 0 saturated carbocycles. The fourth-order valence-electron chi connectivity index (χ4n) is 11.3. The first kappa shape index (κ1) is 41.1. The number of hydrogen-bond donors (Lipinski definition) is 0. The quantitative estimate of drug-likeness (QED) is 0.166. The minimum Gasteiger partial charge on any atom is -0.456 e. The summed E-state index contributed by atoms with van der Waals surface area (Å²) >= 11 is 1.81. The fraction of sp³-hybridized carbons (Fsp3) is 0.0625. The van der Waals surface area contributed by atoms with Gasteiger partial charge in [0.25, 0.3) is 0 Å². The van der Waals surface area contributed by atoms with Crippen LogP contribution in [0.3, 0.4) is 0 Å². The number of hydrogen-bond acceptors (Lipinski definition) is 5. The van der Waals surface area contributed by atoms with E-state index in [4.69, 9.17) is 8.83 Å². The van der Waals surface area contributed by atoms with Crippen molar-refractivity contribution < 1.29 is 17.6 Å². The van der Waals surface area contributed by atoms with Crippen LogP contribution in [0.2, 0.25) is 0 Å². The molecular formula is C64H41F2N3O2S. The summed E-state index contributed by atoms with van der Waals surface area (Å²) in [7, 11) is 0. The molecule has 0 aliphatic carbocycles. The highest BCUT2D eigenvalue weighted by atomic mass is 32.1. The first-order valence-electron chi connectivity index (χ1n) is 24.2. The van der Waals surface area contributed by atoms with Crippen LogP contribution in [0, 0.1) is 11.6 Å². The SMILES string of the molecule is CC(C)(C)c1cc2c3cc4ccc(N(c5ccc(F)cc5)c5ccc6oc7ccccc7c6c5)cc4cc3n3c4sc5cc(N(c6ccc(F)cc6)c6ccc7oc8ccccc8c7c6)ccc5c4c(c1)c23. The second-order valence-corrected chi connectivity index (χ2v) is 21.1. The Bertz CT molecular complexity index is 4710. The Morgan fingerprint density at radius 1 is 0.417 bits per heavy atom. The zero-order valence-corrected chi connectivity index (χ0v) is 40.1. The van der Waals surface area contributed by atoms with Crippen molar-refractivity contribution in [2.75, 3.05) is 9.80 Å². The molecule has 0 atom stereocenters. The van der Waals surface area contributed by atoms with Gasteiger partial charge < -0.3 is 18.6 Å². The van der Waals surface area contributed by atoms with Crippen LogP contribution < -0.4 is 9.80 Å². The number of benzene rings is 10. The molecule has 5 heterocycles. The van der Waals surface area contributed by atoms with Gasteiger partial charge >= 0.3 is 0 Å². The molecule has 5 aromatic heterocycles. The predicted molar refractivity (Wildman–Crippen MR) is 297 cm³/mol. The predicted octanol–water partition coefficient (Wildman–Crippen LogP) is 19.5. The molecule has 15 aromatic rings. The van der Waals surface area contributed by atoms with Crippen molar-refractivity contribution in [3.05, 3.63) is 211 Å². The standard InChI is InChI=1S/C64H41F2N3O2S/c1-64(2,3)38-31-53-50-29-36-12-17-43(67(41-18-13-39(65)14-19-41)44-23-26-58-51(33-44)47-8-4-6-10-56(47)70-58)28-37(36)30-55(50)69-62(53)54(32-38)61-49-25-22-46(35-60(49)72-63(61)69)68(42-20-15-40(66)16-21-42)45-24-27-59-52(34-45)48-9-5-7-11-57(48)71-59/h4-35H,1-3H3. The maximum Gasteiger partial charge on any atom is 0.135 e. The van der Waals surface area contributed by atoms with Gasteiger partial charge in [0.05, 0.1) is 11.0 Å². The van der Waals surface area contributed by atoms with Crippen molar-refractivity contribution in [1.29, 1.82) is 0 Å². The highest BCUT2D eigenvalue weighted by Crippen LogP contribution is 2.50. The Hall–Kier alpha value is -8.72. The van der Waals surface area contributed by atoms with Crippen molar-refractivity contribution in [3.63, 3.8) is 0 Å². The second kappa shape index (κ2) is 14.9. The number of aromatic nitrogens is 1. The summed E-state index contributed by atoms with van der Waals surface area (Å²) in [6, 6.07) is 65.1. The maximum absolute atomic E-state index is 14.5. The third-order valence-corrected chi connectivity index (χ3v) is 15.9. The van der Waals surface area contributed by atoms with E-state index in [2.05, 4.69) is 132 Å². The summed E-state index contributed by atoms with van der Waals surface area (Å²) in [5, 5.41) is 12.5. The topological polar surface area (TPSA) is 37.2 Å². The lowest BCUT2D eigenvalue weighted by Gasteiger charge is -2.26. The van der Waals surface area contributed by atoms with E-state index in [1.54, 1.807) is 11.3 Å². The number of rotatable bonds is 6. The van der Waals surface area contributed by atoms with Crippen molar-refractivity contribution >= 4 is 148 Å². The number of para-hydroxylation sites is 2. The molecule has 0 unspecified atom stereocenters. The minimum absolute atomic E-state index is 0.0980. The smallest absolute Gasteiger partial charge is 0.135 e. The maximum atomic E-state index is 14.5. The molecule has 0 fully saturated rings. The highest BCUT2D eigenvalue weighted by Gasteiger charge is 2.27. The number of thiophene rings is 1. The van der Waals surface area contributed by atoms with Crippen LogP contribution in [-0.4, -0.2) is 4.40 Å². The summed E-state index contributed by atoms with van der Waals surface area (Å²) < 4.78 is 45.1.